The van der Waals surface area contributed by atoms with Gasteiger partial charge < -0.3 is 10.8 Å². The number of nitrogens with two attached hydrogens (primary N) is 1. The van der Waals surface area contributed by atoms with E-state index >= 15 is 0 Å². The van der Waals surface area contributed by atoms with Gasteiger partial charge in [-0.1, -0.05) is 51.1 Å². The second kappa shape index (κ2) is 9.67. The number of rotatable bonds is 7. The zero-order valence-corrected chi connectivity index (χ0v) is 14.5. The number of hydrogen-bond donors (Lipinski definition) is 2. The first-order valence-corrected chi connectivity index (χ1v) is 8.05. The van der Waals surface area contributed by atoms with Crippen LogP contribution in [0.15, 0.2) is 30.3 Å². The normalized spacial score (nSPS) is 17.1. The van der Waals surface area contributed by atoms with Gasteiger partial charge in [-0.3, -0.25) is 0 Å². The molecule has 0 aromatic heterocycles. The maximum Gasteiger partial charge on any atom is 0.0673 e. The van der Waals surface area contributed by atoms with Gasteiger partial charge in [0, 0.05) is 16.5 Å². The van der Waals surface area contributed by atoms with Gasteiger partial charge >= 0.3 is 0 Å². The molecule has 0 bridgehead atoms. The first-order chi connectivity index (χ1) is 8.97. The molecule has 0 heterocycles. The summed E-state index contributed by atoms with van der Waals surface area (Å²) in [5.74, 6) is 0.451. The van der Waals surface area contributed by atoms with Crippen LogP contribution < -0.4 is 5.73 Å². The second-order valence-corrected chi connectivity index (χ2v) is 6.86. The van der Waals surface area contributed by atoms with Crippen molar-refractivity contribution in [1.29, 1.82) is 0 Å². The Labute approximate surface area is 133 Å². The molecule has 0 fully saturated rings. The van der Waals surface area contributed by atoms with Crippen LogP contribution in [-0.4, -0.2) is 22.5 Å². The van der Waals surface area contributed by atoms with Crippen LogP contribution in [0.4, 0.5) is 0 Å². The summed E-state index contributed by atoms with van der Waals surface area (Å²) in [7, 11) is 0. The molecule has 0 spiro atoms. The Morgan fingerprint density at radius 1 is 1.15 bits per heavy atom. The van der Waals surface area contributed by atoms with Gasteiger partial charge in [0.15, 0.2) is 0 Å². The Morgan fingerprint density at radius 3 is 2.10 bits per heavy atom. The molecular formula is C16H28ClNOS. The molecule has 3 N–H and O–H groups in total. The van der Waals surface area contributed by atoms with Gasteiger partial charge in [-0.15, -0.1) is 24.2 Å². The predicted molar refractivity (Wildman–Crippen MR) is 92.6 cm³/mol. The Bertz CT molecular complexity index is 359. The van der Waals surface area contributed by atoms with Gasteiger partial charge in [-0.2, -0.15) is 0 Å². The standard InChI is InChI=1S/C16H27NOS.ClH/c1-5-14(13-9-7-6-8-10-13)19-16(11(2)3)15(17)12(4)18;/h6-12,14-16,18H,5,17H2,1-4H3;1H. The van der Waals surface area contributed by atoms with E-state index in [9.17, 15) is 5.11 Å². The molecule has 0 aliphatic rings. The Kier molecular flexibility index (Phi) is 9.56. The van der Waals surface area contributed by atoms with Gasteiger partial charge in [0.1, 0.15) is 0 Å². The fraction of sp³-hybridized carbons (Fsp3) is 0.625. The third kappa shape index (κ3) is 5.65. The van der Waals surface area contributed by atoms with E-state index in [0.29, 0.717) is 11.2 Å². The van der Waals surface area contributed by atoms with Crippen LogP contribution in [0.5, 0.6) is 0 Å². The molecule has 1 aromatic rings. The van der Waals surface area contributed by atoms with Crippen LogP contribution in [0.25, 0.3) is 0 Å². The van der Waals surface area contributed by atoms with E-state index in [1.807, 2.05) is 17.8 Å². The van der Waals surface area contributed by atoms with E-state index in [-0.39, 0.29) is 23.7 Å². The molecule has 116 valence electrons. The van der Waals surface area contributed by atoms with Crippen LogP contribution in [-0.2, 0) is 0 Å². The topological polar surface area (TPSA) is 46.2 Å². The number of aliphatic hydroxyl groups is 1. The SMILES string of the molecule is CCC(SC(C(C)C)C(N)C(C)O)c1ccccc1.Cl. The van der Waals surface area contributed by atoms with Crippen molar-refractivity contribution < 1.29 is 5.11 Å². The van der Waals surface area contributed by atoms with Crippen molar-refractivity contribution >= 4 is 24.2 Å². The number of hydrogen-bond acceptors (Lipinski definition) is 3. The van der Waals surface area contributed by atoms with E-state index in [1.54, 1.807) is 6.92 Å². The highest BCUT2D eigenvalue weighted by atomic mass is 35.5. The average Bonchev–Trinajstić information content (AvgIpc) is 2.39. The maximum absolute atomic E-state index is 9.76. The summed E-state index contributed by atoms with van der Waals surface area (Å²) in [4.78, 5) is 0. The minimum Gasteiger partial charge on any atom is -0.392 e. The monoisotopic (exact) mass is 317 g/mol. The molecule has 0 amide bonds. The molecule has 0 saturated carbocycles. The summed E-state index contributed by atoms with van der Waals surface area (Å²) in [6, 6.07) is 10.4. The van der Waals surface area contributed by atoms with Crippen LogP contribution in [0, 0.1) is 5.92 Å². The summed E-state index contributed by atoms with van der Waals surface area (Å²) in [6.07, 6.45) is 0.609. The Morgan fingerprint density at radius 2 is 1.70 bits per heavy atom. The number of aliphatic hydroxyl groups excluding tert-OH is 1. The van der Waals surface area contributed by atoms with Crippen molar-refractivity contribution in [2.75, 3.05) is 0 Å². The van der Waals surface area contributed by atoms with Gasteiger partial charge in [0.25, 0.3) is 0 Å². The molecule has 20 heavy (non-hydrogen) atoms. The van der Waals surface area contributed by atoms with Crippen molar-refractivity contribution in [3.05, 3.63) is 35.9 Å². The molecule has 0 radical (unpaired) electrons. The lowest BCUT2D eigenvalue weighted by atomic mass is 10.0. The molecule has 1 aromatic carbocycles. The summed E-state index contributed by atoms with van der Waals surface area (Å²) >= 11 is 1.90. The van der Waals surface area contributed by atoms with Crippen molar-refractivity contribution in [2.24, 2.45) is 11.7 Å². The average molecular weight is 318 g/mol. The highest BCUT2D eigenvalue weighted by Crippen LogP contribution is 2.38. The smallest absolute Gasteiger partial charge is 0.0673 e. The number of thioether (sulfide) groups is 1. The Balaban J connectivity index is 0.00000361. The third-order valence-electron chi connectivity index (χ3n) is 3.46. The van der Waals surface area contributed by atoms with Gasteiger partial charge in [0.05, 0.1) is 6.10 Å². The van der Waals surface area contributed by atoms with E-state index < -0.39 is 6.10 Å². The molecule has 2 nitrogen and oxygen atoms in total. The van der Waals surface area contributed by atoms with E-state index in [4.69, 9.17) is 5.73 Å². The highest BCUT2D eigenvalue weighted by Gasteiger charge is 2.28. The Hall–Kier alpha value is -0.220. The minimum atomic E-state index is -0.465. The van der Waals surface area contributed by atoms with Crippen molar-refractivity contribution in [2.45, 2.75) is 56.8 Å². The van der Waals surface area contributed by atoms with Gasteiger partial charge in [0.2, 0.25) is 0 Å². The molecule has 4 heteroatoms. The first kappa shape index (κ1) is 19.8. The molecule has 1 rings (SSSR count). The fourth-order valence-corrected chi connectivity index (χ4v) is 3.84. The zero-order valence-electron chi connectivity index (χ0n) is 12.8. The van der Waals surface area contributed by atoms with Crippen molar-refractivity contribution in [3.63, 3.8) is 0 Å². The fourth-order valence-electron chi connectivity index (χ4n) is 2.23. The number of halogens is 1. The lowest BCUT2D eigenvalue weighted by molar-refractivity contribution is 0.155. The van der Waals surface area contributed by atoms with Crippen LogP contribution in [0.3, 0.4) is 0 Å². The van der Waals surface area contributed by atoms with E-state index in [2.05, 4.69) is 45.0 Å². The third-order valence-corrected chi connectivity index (χ3v) is 5.56. The molecule has 4 unspecified atom stereocenters. The molecule has 0 aliphatic carbocycles. The highest BCUT2D eigenvalue weighted by molar-refractivity contribution is 8.00. The molecular weight excluding hydrogens is 290 g/mol. The molecule has 0 saturated heterocycles. The lowest BCUT2D eigenvalue weighted by Crippen LogP contribution is -2.44. The zero-order chi connectivity index (χ0) is 14.4. The van der Waals surface area contributed by atoms with E-state index in [0.717, 1.165) is 6.42 Å². The van der Waals surface area contributed by atoms with Crippen LogP contribution in [0.2, 0.25) is 0 Å². The summed E-state index contributed by atoms with van der Waals surface area (Å²) in [5.41, 5.74) is 7.52. The largest absolute Gasteiger partial charge is 0.392 e. The molecule has 4 atom stereocenters. The molecule has 0 aliphatic heterocycles. The summed E-state index contributed by atoms with van der Waals surface area (Å²) in [5, 5.41) is 10.5. The first-order valence-electron chi connectivity index (χ1n) is 7.11. The van der Waals surface area contributed by atoms with Crippen molar-refractivity contribution in [1.82, 2.24) is 0 Å². The van der Waals surface area contributed by atoms with Crippen molar-refractivity contribution in [3.8, 4) is 0 Å². The van der Waals surface area contributed by atoms with Gasteiger partial charge in [-0.25, -0.2) is 0 Å². The predicted octanol–water partition coefficient (Wildman–Crippen LogP) is 4.03. The van der Waals surface area contributed by atoms with E-state index in [1.165, 1.54) is 5.56 Å². The minimum absolute atomic E-state index is 0. The van der Waals surface area contributed by atoms with Gasteiger partial charge in [-0.05, 0) is 24.8 Å². The van der Waals surface area contributed by atoms with Crippen LogP contribution in [0.1, 0.15) is 44.9 Å². The number of benzene rings is 1. The summed E-state index contributed by atoms with van der Waals surface area (Å²) < 4.78 is 0. The lowest BCUT2D eigenvalue weighted by Gasteiger charge is -2.32. The quantitative estimate of drug-likeness (QED) is 0.798. The van der Waals surface area contributed by atoms with Crippen LogP contribution >= 0.6 is 24.2 Å². The maximum atomic E-state index is 9.76. The second-order valence-electron chi connectivity index (χ2n) is 5.47. The summed E-state index contributed by atoms with van der Waals surface area (Å²) in [6.45, 7) is 8.34.